The van der Waals surface area contributed by atoms with Crippen LogP contribution in [-0.4, -0.2) is 27.8 Å². The minimum absolute atomic E-state index is 0.221. The average Bonchev–Trinajstić information content (AvgIpc) is 2.81. The highest BCUT2D eigenvalue weighted by Gasteiger charge is 2.13. The number of amides is 1. The fourth-order valence-corrected chi connectivity index (χ4v) is 1.94. The highest BCUT2D eigenvalue weighted by Crippen LogP contribution is 2.22. The molecule has 0 bridgehead atoms. The maximum absolute atomic E-state index is 12.1. The van der Waals surface area contributed by atoms with Gasteiger partial charge in [-0.15, -0.1) is 10.2 Å². The number of ether oxygens (including phenoxy) is 1. The first-order valence-corrected chi connectivity index (χ1v) is 6.35. The number of nitrogens with one attached hydrogen (secondary N) is 1. The molecule has 0 unspecified atom stereocenters. The van der Waals surface area contributed by atoms with Crippen LogP contribution >= 0.6 is 15.9 Å². The lowest BCUT2D eigenvalue weighted by atomic mass is 10.2. The Morgan fingerprint density at radius 3 is 2.95 bits per heavy atom. The highest BCUT2D eigenvalue weighted by molar-refractivity contribution is 9.10. The quantitative estimate of drug-likeness (QED) is 0.925. The fourth-order valence-electron chi connectivity index (χ4n) is 1.58. The van der Waals surface area contributed by atoms with E-state index in [9.17, 15) is 4.79 Å². The van der Waals surface area contributed by atoms with Crippen molar-refractivity contribution in [2.45, 2.75) is 6.54 Å². The van der Waals surface area contributed by atoms with Crippen molar-refractivity contribution in [1.82, 2.24) is 20.1 Å². The van der Waals surface area contributed by atoms with Gasteiger partial charge < -0.3 is 14.6 Å². The Bertz CT molecular complexity index is 597. The Hall–Kier alpha value is -1.89. The first kappa shape index (κ1) is 13.5. The standard InChI is InChI=1S/C12H13BrN4O2/c1-17-7-15-16-11(17)6-14-12(18)9-5-8(13)3-4-10(9)19-2/h3-5,7H,6H2,1-2H3,(H,14,18). The molecule has 1 N–H and O–H groups in total. The number of rotatable bonds is 4. The van der Waals surface area contributed by atoms with Crippen LogP contribution in [0, 0.1) is 0 Å². The molecule has 7 heteroatoms. The van der Waals surface area contributed by atoms with E-state index in [-0.39, 0.29) is 5.91 Å². The Labute approximate surface area is 118 Å². The van der Waals surface area contributed by atoms with E-state index < -0.39 is 0 Å². The lowest BCUT2D eigenvalue weighted by molar-refractivity contribution is 0.0946. The van der Waals surface area contributed by atoms with Gasteiger partial charge in [0.05, 0.1) is 19.2 Å². The molecule has 1 amide bonds. The Balaban J connectivity index is 2.12. The van der Waals surface area contributed by atoms with Crippen molar-refractivity contribution in [2.24, 2.45) is 7.05 Å². The van der Waals surface area contributed by atoms with Crippen LogP contribution in [0.1, 0.15) is 16.2 Å². The molecule has 0 radical (unpaired) electrons. The number of hydrogen-bond donors (Lipinski definition) is 1. The van der Waals surface area contributed by atoms with Gasteiger partial charge in [0.1, 0.15) is 12.1 Å². The van der Waals surface area contributed by atoms with E-state index in [0.717, 1.165) is 4.47 Å². The van der Waals surface area contributed by atoms with E-state index in [1.54, 1.807) is 23.0 Å². The second kappa shape index (κ2) is 5.83. The van der Waals surface area contributed by atoms with Gasteiger partial charge in [0.2, 0.25) is 0 Å². The SMILES string of the molecule is COc1ccc(Br)cc1C(=O)NCc1nncn1C. The summed E-state index contributed by atoms with van der Waals surface area (Å²) in [5, 5.41) is 10.4. The molecule has 2 rings (SSSR count). The van der Waals surface area contributed by atoms with Gasteiger partial charge in [-0.3, -0.25) is 4.79 Å². The molecule has 0 aliphatic heterocycles. The third-order valence-electron chi connectivity index (χ3n) is 2.62. The maximum atomic E-state index is 12.1. The first-order valence-electron chi connectivity index (χ1n) is 5.56. The minimum Gasteiger partial charge on any atom is -0.496 e. The summed E-state index contributed by atoms with van der Waals surface area (Å²) in [6, 6.07) is 5.27. The van der Waals surface area contributed by atoms with Crippen LogP contribution in [0.3, 0.4) is 0 Å². The van der Waals surface area contributed by atoms with E-state index in [2.05, 4.69) is 31.4 Å². The molecule has 0 fully saturated rings. The number of carbonyl (C=O) groups is 1. The molecule has 0 aliphatic rings. The van der Waals surface area contributed by atoms with Crippen molar-refractivity contribution in [2.75, 3.05) is 7.11 Å². The molecule has 0 spiro atoms. The number of carbonyl (C=O) groups excluding carboxylic acids is 1. The van der Waals surface area contributed by atoms with E-state index >= 15 is 0 Å². The monoisotopic (exact) mass is 324 g/mol. The van der Waals surface area contributed by atoms with Crippen molar-refractivity contribution in [1.29, 1.82) is 0 Å². The zero-order valence-corrected chi connectivity index (χ0v) is 12.1. The maximum Gasteiger partial charge on any atom is 0.255 e. The number of benzene rings is 1. The predicted octanol–water partition coefficient (Wildman–Crippen LogP) is 1.52. The van der Waals surface area contributed by atoms with Crippen LogP contribution in [0.15, 0.2) is 29.0 Å². The van der Waals surface area contributed by atoms with Crippen LogP contribution in [0.5, 0.6) is 5.75 Å². The van der Waals surface area contributed by atoms with Gasteiger partial charge in [0.15, 0.2) is 5.82 Å². The van der Waals surface area contributed by atoms with Crippen molar-refractivity contribution in [3.8, 4) is 5.75 Å². The summed E-state index contributed by atoms with van der Waals surface area (Å²) in [6.07, 6.45) is 1.58. The minimum atomic E-state index is -0.221. The van der Waals surface area contributed by atoms with Gasteiger partial charge in [0.25, 0.3) is 5.91 Å². The largest absolute Gasteiger partial charge is 0.496 e. The molecule has 0 atom stereocenters. The number of hydrogen-bond acceptors (Lipinski definition) is 4. The summed E-state index contributed by atoms with van der Waals surface area (Å²) >= 11 is 3.33. The molecule has 0 aliphatic carbocycles. The molecule has 2 aromatic rings. The molecule has 1 aromatic heterocycles. The number of aryl methyl sites for hydroxylation is 1. The van der Waals surface area contributed by atoms with Gasteiger partial charge in [-0.05, 0) is 18.2 Å². The van der Waals surface area contributed by atoms with E-state index in [0.29, 0.717) is 23.7 Å². The average molecular weight is 325 g/mol. The van der Waals surface area contributed by atoms with Crippen LogP contribution in [-0.2, 0) is 13.6 Å². The Kier molecular flexibility index (Phi) is 4.16. The van der Waals surface area contributed by atoms with Crippen molar-refractivity contribution >= 4 is 21.8 Å². The highest BCUT2D eigenvalue weighted by atomic mass is 79.9. The lowest BCUT2D eigenvalue weighted by Gasteiger charge is -2.09. The molecule has 1 heterocycles. The summed E-state index contributed by atoms with van der Waals surface area (Å²) in [4.78, 5) is 12.1. The van der Waals surface area contributed by atoms with Crippen LogP contribution < -0.4 is 10.1 Å². The normalized spacial score (nSPS) is 10.3. The molecule has 19 heavy (non-hydrogen) atoms. The molecular weight excluding hydrogens is 312 g/mol. The van der Waals surface area contributed by atoms with Gasteiger partial charge in [-0.25, -0.2) is 0 Å². The Morgan fingerprint density at radius 2 is 2.32 bits per heavy atom. The summed E-state index contributed by atoms with van der Waals surface area (Å²) in [5.41, 5.74) is 0.471. The lowest BCUT2D eigenvalue weighted by Crippen LogP contribution is -2.24. The number of methoxy groups -OCH3 is 1. The third-order valence-corrected chi connectivity index (χ3v) is 3.11. The first-order chi connectivity index (χ1) is 9.11. The molecule has 0 saturated heterocycles. The second-order valence-electron chi connectivity index (χ2n) is 3.89. The number of halogens is 1. The summed E-state index contributed by atoms with van der Waals surface area (Å²) in [5.74, 6) is 0.988. The van der Waals surface area contributed by atoms with Gasteiger partial charge in [-0.1, -0.05) is 15.9 Å². The fraction of sp³-hybridized carbons (Fsp3) is 0.250. The summed E-state index contributed by atoms with van der Waals surface area (Å²) in [6.45, 7) is 0.311. The van der Waals surface area contributed by atoms with Gasteiger partial charge in [-0.2, -0.15) is 0 Å². The van der Waals surface area contributed by atoms with Crippen molar-refractivity contribution in [3.63, 3.8) is 0 Å². The van der Waals surface area contributed by atoms with Gasteiger partial charge >= 0.3 is 0 Å². The second-order valence-corrected chi connectivity index (χ2v) is 4.80. The summed E-state index contributed by atoms with van der Waals surface area (Å²) in [7, 11) is 3.35. The van der Waals surface area contributed by atoms with Crippen molar-refractivity contribution in [3.05, 3.63) is 40.4 Å². The van der Waals surface area contributed by atoms with E-state index in [1.807, 2.05) is 13.1 Å². The van der Waals surface area contributed by atoms with E-state index in [4.69, 9.17) is 4.74 Å². The van der Waals surface area contributed by atoms with Crippen molar-refractivity contribution < 1.29 is 9.53 Å². The molecular formula is C12H13BrN4O2. The number of nitrogens with zero attached hydrogens (tertiary/aromatic N) is 3. The zero-order valence-electron chi connectivity index (χ0n) is 10.6. The van der Waals surface area contributed by atoms with Crippen LogP contribution in [0.2, 0.25) is 0 Å². The molecule has 6 nitrogen and oxygen atoms in total. The third kappa shape index (κ3) is 3.11. The predicted molar refractivity (Wildman–Crippen MR) is 72.9 cm³/mol. The summed E-state index contributed by atoms with van der Waals surface area (Å²) < 4.78 is 7.73. The number of aromatic nitrogens is 3. The topological polar surface area (TPSA) is 69.0 Å². The Morgan fingerprint density at radius 1 is 1.53 bits per heavy atom. The smallest absolute Gasteiger partial charge is 0.255 e. The van der Waals surface area contributed by atoms with Gasteiger partial charge in [0, 0.05) is 11.5 Å². The van der Waals surface area contributed by atoms with Crippen LogP contribution in [0.4, 0.5) is 0 Å². The molecule has 100 valence electrons. The zero-order chi connectivity index (χ0) is 13.8. The molecule has 1 aromatic carbocycles. The molecule has 0 saturated carbocycles. The van der Waals surface area contributed by atoms with Crippen LogP contribution in [0.25, 0.3) is 0 Å². The van der Waals surface area contributed by atoms with E-state index in [1.165, 1.54) is 7.11 Å².